The first kappa shape index (κ1) is 16.4. The Hall–Kier alpha value is -2.41. The number of thiazole rings is 1. The highest BCUT2D eigenvalue weighted by Gasteiger charge is 2.17. The van der Waals surface area contributed by atoms with Crippen molar-refractivity contribution in [1.82, 2.24) is 9.55 Å². The summed E-state index contributed by atoms with van der Waals surface area (Å²) in [6.07, 6.45) is 0. The van der Waals surface area contributed by atoms with Crippen LogP contribution in [0, 0.1) is 20.8 Å². The largest absolute Gasteiger partial charge is 0.435 e. The number of aryl methyl sites for hydroxylation is 2. The summed E-state index contributed by atoms with van der Waals surface area (Å²) in [5.41, 5.74) is 10.6. The number of rotatable bonds is 4. The monoisotopic (exact) mass is 349 g/mol. The molecule has 0 unspecified atom stereocenters. The maximum absolute atomic E-state index is 12.3. The molecule has 0 aliphatic carbocycles. The lowest BCUT2D eigenvalue weighted by atomic mass is 10.1. The number of anilines is 1. The fourth-order valence-electron chi connectivity index (χ4n) is 2.84. The van der Waals surface area contributed by atoms with Gasteiger partial charge >= 0.3 is 6.61 Å². The van der Waals surface area contributed by atoms with E-state index >= 15 is 0 Å². The number of ether oxygens (including phenoxy) is 1. The van der Waals surface area contributed by atoms with Crippen LogP contribution in [0.25, 0.3) is 16.9 Å². The van der Waals surface area contributed by atoms with Gasteiger partial charge in [-0.15, -0.1) is 11.3 Å². The number of aromatic nitrogens is 2. The Morgan fingerprint density at radius 1 is 1.17 bits per heavy atom. The SMILES string of the molecule is Cc1sc(N)nc1-c1cc(C)n(-c2ccc(OC(F)F)cc2)c1C. The number of alkyl halides is 2. The Balaban J connectivity index is 2.02. The van der Waals surface area contributed by atoms with Gasteiger partial charge in [0.15, 0.2) is 5.13 Å². The number of hydrogen-bond donors (Lipinski definition) is 1. The van der Waals surface area contributed by atoms with E-state index in [1.165, 1.54) is 23.5 Å². The van der Waals surface area contributed by atoms with E-state index in [4.69, 9.17) is 5.73 Å². The number of benzene rings is 1. The average Bonchev–Trinajstić information content (AvgIpc) is 2.98. The topological polar surface area (TPSA) is 53.1 Å². The first-order valence-electron chi connectivity index (χ1n) is 7.34. The van der Waals surface area contributed by atoms with Gasteiger partial charge in [-0.3, -0.25) is 0 Å². The van der Waals surface area contributed by atoms with Crippen molar-refractivity contribution in [2.24, 2.45) is 0 Å². The van der Waals surface area contributed by atoms with Gasteiger partial charge in [-0.2, -0.15) is 8.78 Å². The minimum Gasteiger partial charge on any atom is -0.435 e. The molecule has 4 nitrogen and oxygen atoms in total. The second-order valence-corrected chi connectivity index (χ2v) is 6.68. The quantitative estimate of drug-likeness (QED) is 0.742. The smallest absolute Gasteiger partial charge is 0.387 e. The van der Waals surface area contributed by atoms with Gasteiger partial charge in [-0.25, -0.2) is 4.98 Å². The second-order valence-electron chi connectivity index (χ2n) is 5.45. The third-order valence-corrected chi connectivity index (χ3v) is 4.62. The molecule has 0 radical (unpaired) electrons. The minimum atomic E-state index is -2.82. The molecule has 24 heavy (non-hydrogen) atoms. The summed E-state index contributed by atoms with van der Waals surface area (Å²) in [6.45, 7) is 3.16. The van der Waals surface area contributed by atoms with Crippen LogP contribution in [0.2, 0.25) is 0 Å². The van der Waals surface area contributed by atoms with Gasteiger partial charge in [0.05, 0.1) is 5.69 Å². The Morgan fingerprint density at radius 2 is 1.83 bits per heavy atom. The number of nitrogens with two attached hydrogens (primary N) is 1. The van der Waals surface area contributed by atoms with E-state index in [1.54, 1.807) is 12.1 Å². The number of halogens is 2. The normalized spacial score (nSPS) is 11.2. The molecule has 1 aromatic carbocycles. The molecule has 2 N–H and O–H groups in total. The first-order valence-corrected chi connectivity index (χ1v) is 8.16. The van der Waals surface area contributed by atoms with Crippen LogP contribution in [0.15, 0.2) is 30.3 Å². The van der Waals surface area contributed by atoms with Crippen molar-refractivity contribution in [3.63, 3.8) is 0 Å². The van der Waals surface area contributed by atoms with E-state index in [2.05, 4.69) is 20.4 Å². The zero-order valence-electron chi connectivity index (χ0n) is 13.5. The van der Waals surface area contributed by atoms with Crippen molar-refractivity contribution in [1.29, 1.82) is 0 Å². The van der Waals surface area contributed by atoms with Crippen LogP contribution in [-0.4, -0.2) is 16.2 Å². The summed E-state index contributed by atoms with van der Waals surface area (Å²) in [4.78, 5) is 5.48. The Bertz CT molecular complexity index is 869. The van der Waals surface area contributed by atoms with Gasteiger partial charge in [-0.05, 0) is 51.1 Å². The molecule has 0 saturated heterocycles. The molecule has 126 valence electrons. The average molecular weight is 349 g/mol. The third kappa shape index (κ3) is 2.99. The maximum atomic E-state index is 12.3. The summed E-state index contributed by atoms with van der Waals surface area (Å²) in [7, 11) is 0. The number of hydrogen-bond acceptors (Lipinski definition) is 4. The molecular formula is C17H17F2N3OS. The standard InChI is InChI=1S/C17H17F2N3OS/c1-9-8-14(15-11(3)24-17(20)21-15)10(2)22(9)12-4-6-13(7-5-12)23-16(18)19/h4-8,16H,1-3H3,(H2,20,21). The molecule has 0 atom stereocenters. The summed E-state index contributed by atoms with van der Waals surface area (Å²) >= 11 is 1.46. The van der Waals surface area contributed by atoms with Gasteiger partial charge in [0.25, 0.3) is 0 Å². The maximum Gasteiger partial charge on any atom is 0.387 e. The molecule has 0 saturated carbocycles. The van der Waals surface area contributed by atoms with E-state index in [1.807, 2.05) is 20.8 Å². The van der Waals surface area contributed by atoms with Crippen LogP contribution in [0.1, 0.15) is 16.3 Å². The van der Waals surface area contributed by atoms with Crippen LogP contribution in [-0.2, 0) is 0 Å². The Morgan fingerprint density at radius 3 is 2.38 bits per heavy atom. The molecular weight excluding hydrogens is 332 g/mol. The van der Waals surface area contributed by atoms with Crippen molar-refractivity contribution < 1.29 is 13.5 Å². The van der Waals surface area contributed by atoms with Crippen LogP contribution < -0.4 is 10.5 Å². The summed E-state index contributed by atoms with van der Waals surface area (Å²) in [5, 5.41) is 0.542. The zero-order valence-corrected chi connectivity index (χ0v) is 14.3. The summed E-state index contributed by atoms with van der Waals surface area (Å²) in [5.74, 6) is 0.138. The molecule has 0 aliphatic rings. The molecule has 2 heterocycles. The van der Waals surface area contributed by atoms with Crippen molar-refractivity contribution in [3.8, 4) is 22.7 Å². The van der Waals surface area contributed by atoms with E-state index in [-0.39, 0.29) is 5.75 Å². The van der Waals surface area contributed by atoms with Crippen molar-refractivity contribution in [3.05, 3.63) is 46.6 Å². The number of nitrogens with zero attached hydrogens (tertiary/aromatic N) is 2. The van der Waals surface area contributed by atoms with Gasteiger partial charge in [0, 0.05) is 27.5 Å². The zero-order chi connectivity index (χ0) is 17.4. The van der Waals surface area contributed by atoms with Gasteiger partial charge in [0.2, 0.25) is 0 Å². The molecule has 0 bridgehead atoms. The minimum absolute atomic E-state index is 0.138. The summed E-state index contributed by atoms with van der Waals surface area (Å²) in [6, 6.07) is 8.63. The predicted molar refractivity (Wildman–Crippen MR) is 92.1 cm³/mol. The predicted octanol–water partition coefficient (Wildman–Crippen LogP) is 4.71. The van der Waals surface area contributed by atoms with Crippen LogP contribution in [0.5, 0.6) is 5.75 Å². The van der Waals surface area contributed by atoms with Crippen LogP contribution in [0.4, 0.5) is 13.9 Å². The second kappa shape index (κ2) is 6.24. The Kier molecular flexibility index (Phi) is 4.28. The molecule has 0 fully saturated rings. The molecule has 0 amide bonds. The lowest BCUT2D eigenvalue weighted by Crippen LogP contribution is -2.03. The fourth-order valence-corrected chi connectivity index (χ4v) is 3.55. The fraction of sp³-hybridized carbons (Fsp3) is 0.235. The van der Waals surface area contributed by atoms with E-state index < -0.39 is 6.61 Å². The van der Waals surface area contributed by atoms with Crippen LogP contribution in [0.3, 0.4) is 0 Å². The van der Waals surface area contributed by atoms with Gasteiger partial charge < -0.3 is 15.0 Å². The molecule has 0 aliphatic heterocycles. The van der Waals surface area contributed by atoms with Gasteiger partial charge in [-0.1, -0.05) is 0 Å². The van der Waals surface area contributed by atoms with E-state index in [0.29, 0.717) is 5.13 Å². The molecule has 7 heteroatoms. The lowest BCUT2D eigenvalue weighted by molar-refractivity contribution is -0.0498. The van der Waals surface area contributed by atoms with Crippen molar-refractivity contribution >= 4 is 16.5 Å². The van der Waals surface area contributed by atoms with E-state index in [0.717, 1.165) is 33.2 Å². The molecule has 2 aromatic heterocycles. The van der Waals surface area contributed by atoms with Crippen LogP contribution >= 0.6 is 11.3 Å². The summed E-state index contributed by atoms with van der Waals surface area (Å²) < 4.78 is 31.0. The molecule has 3 aromatic rings. The van der Waals surface area contributed by atoms with Gasteiger partial charge in [0.1, 0.15) is 5.75 Å². The molecule has 3 rings (SSSR count). The highest BCUT2D eigenvalue weighted by atomic mass is 32.1. The first-order chi connectivity index (χ1) is 11.4. The molecule has 0 spiro atoms. The van der Waals surface area contributed by atoms with E-state index in [9.17, 15) is 8.78 Å². The Labute approximate surface area is 142 Å². The lowest BCUT2D eigenvalue weighted by Gasteiger charge is -2.11. The van der Waals surface area contributed by atoms with Crippen molar-refractivity contribution in [2.75, 3.05) is 5.73 Å². The third-order valence-electron chi connectivity index (χ3n) is 3.82. The highest BCUT2D eigenvalue weighted by Crippen LogP contribution is 2.34. The number of nitrogen functional groups attached to an aromatic ring is 1. The van der Waals surface area contributed by atoms with Crippen molar-refractivity contribution in [2.45, 2.75) is 27.4 Å². The highest BCUT2D eigenvalue weighted by molar-refractivity contribution is 7.15.